The van der Waals surface area contributed by atoms with Crippen molar-refractivity contribution < 1.29 is 0 Å². The summed E-state index contributed by atoms with van der Waals surface area (Å²) in [4.78, 5) is 23.9. The lowest BCUT2D eigenvalue weighted by Gasteiger charge is -2.12. The van der Waals surface area contributed by atoms with Gasteiger partial charge in [-0.15, -0.1) is 36.2 Å². The molecular weight excluding hydrogens is 393 g/mol. The van der Waals surface area contributed by atoms with Crippen molar-refractivity contribution in [3.05, 3.63) is 45.3 Å². The quantitative estimate of drug-likeness (QED) is 0.695. The average molecular weight is 416 g/mol. The fourth-order valence-electron chi connectivity index (χ4n) is 3.38. The predicted molar refractivity (Wildman–Crippen MR) is 110 cm³/mol. The number of fused-ring (bicyclic) bond motifs is 3. The molecule has 3 aromatic heterocycles. The molecule has 1 aliphatic rings. The third-order valence-corrected chi connectivity index (χ3v) is 5.75. The van der Waals surface area contributed by atoms with E-state index >= 15 is 0 Å². The number of hydrogen-bond donors (Lipinski definition) is 1. The molecule has 0 saturated heterocycles. The van der Waals surface area contributed by atoms with Crippen LogP contribution in [-0.4, -0.2) is 25.6 Å². The Morgan fingerprint density at radius 2 is 2.04 bits per heavy atom. The van der Waals surface area contributed by atoms with Crippen molar-refractivity contribution in [2.75, 3.05) is 6.54 Å². The second-order valence-electron chi connectivity index (χ2n) is 6.10. The third-order valence-electron chi connectivity index (χ3n) is 4.61. The van der Waals surface area contributed by atoms with Gasteiger partial charge < -0.3 is 9.88 Å². The van der Waals surface area contributed by atoms with Crippen LogP contribution in [0.4, 0.5) is 0 Å². The van der Waals surface area contributed by atoms with Gasteiger partial charge in [0.15, 0.2) is 0 Å². The van der Waals surface area contributed by atoms with Crippen LogP contribution in [0.15, 0.2) is 23.5 Å². The average Bonchev–Trinajstić information content (AvgIpc) is 3.20. The van der Waals surface area contributed by atoms with Crippen LogP contribution < -0.4 is 10.9 Å². The minimum atomic E-state index is 0. The van der Waals surface area contributed by atoms with Crippen molar-refractivity contribution in [1.82, 2.24) is 24.4 Å². The molecule has 0 radical (unpaired) electrons. The maximum atomic E-state index is 12.9. The summed E-state index contributed by atoms with van der Waals surface area (Å²) in [5, 5.41) is 4.21. The van der Waals surface area contributed by atoms with Crippen LogP contribution in [0.3, 0.4) is 0 Å². The van der Waals surface area contributed by atoms with Gasteiger partial charge in [0, 0.05) is 43.3 Å². The summed E-state index contributed by atoms with van der Waals surface area (Å²) < 4.78 is 3.93. The number of rotatable bonds is 5. The molecule has 9 heteroatoms. The number of aromatic nitrogens is 4. The minimum absolute atomic E-state index is 0. The third kappa shape index (κ3) is 3.81. The molecule has 6 nitrogen and oxygen atoms in total. The number of nitrogens with zero attached hydrogens (tertiary/aromatic N) is 4. The van der Waals surface area contributed by atoms with Crippen molar-refractivity contribution >= 4 is 46.4 Å². The molecule has 4 heterocycles. The van der Waals surface area contributed by atoms with Crippen molar-refractivity contribution in [2.45, 2.75) is 45.8 Å². The van der Waals surface area contributed by atoms with Crippen LogP contribution >= 0.6 is 36.2 Å². The SMILES string of the molecule is CCc1nccn1CCCn1cnc2sc3c(c2c1=O)CCNC3.Cl.Cl. The Kier molecular flexibility index (Phi) is 7.23. The van der Waals surface area contributed by atoms with Gasteiger partial charge in [0.2, 0.25) is 0 Å². The van der Waals surface area contributed by atoms with Crippen molar-refractivity contribution in [3.8, 4) is 0 Å². The number of imidazole rings is 1. The Labute approximate surface area is 168 Å². The Hall–Kier alpha value is -1.41. The highest BCUT2D eigenvalue weighted by Crippen LogP contribution is 2.29. The molecule has 0 bridgehead atoms. The van der Waals surface area contributed by atoms with E-state index in [-0.39, 0.29) is 30.4 Å². The summed E-state index contributed by atoms with van der Waals surface area (Å²) >= 11 is 1.65. The molecule has 1 aliphatic heterocycles. The smallest absolute Gasteiger partial charge is 0.262 e. The zero-order valence-corrected chi connectivity index (χ0v) is 17.1. The maximum Gasteiger partial charge on any atom is 0.262 e. The van der Waals surface area contributed by atoms with E-state index in [9.17, 15) is 4.79 Å². The van der Waals surface area contributed by atoms with Gasteiger partial charge in [-0.05, 0) is 24.9 Å². The van der Waals surface area contributed by atoms with Gasteiger partial charge in [0.25, 0.3) is 5.56 Å². The summed E-state index contributed by atoms with van der Waals surface area (Å²) in [6, 6.07) is 0. The highest BCUT2D eigenvalue weighted by molar-refractivity contribution is 7.18. The normalized spacial score (nSPS) is 13.1. The summed E-state index contributed by atoms with van der Waals surface area (Å²) in [5.74, 6) is 1.09. The van der Waals surface area contributed by atoms with E-state index in [0.717, 1.165) is 54.9 Å². The molecule has 0 spiro atoms. The zero-order chi connectivity index (χ0) is 16.5. The van der Waals surface area contributed by atoms with Gasteiger partial charge in [-0.1, -0.05) is 6.92 Å². The molecule has 0 atom stereocenters. The maximum absolute atomic E-state index is 12.9. The molecule has 142 valence electrons. The highest BCUT2D eigenvalue weighted by atomic mass is 35.5. The number of hydrogen-bond acceptors (Lipinski definition) is 5. The molecule has 26 heavy (non-hydrogen) atoms. The van der Waals surface area contributed by atoms with Crippen molar-refractivity contribution in [3.63, 3.8) is 0 Å². The molecule has 0 aromatic carbocycles. The Balaban J connectivity index is 0.00000121. The first-order valence-corrected chi connectivity index (χ1v) is 9.30. The van der Waals surface area contributed by atoms with Gasteiger partial charge in [-0.25, -0.2) is 9.97 Å². The van der Waals surface area contributed by atoms with E-state index in [1.807, 2.05) is 12.4 Å². The molecule has 1 N–H and O–H groups in total. The predicted octanol–water partition coefficient (Wildman–Crippen LogP) is 2.80. The van der Waals surface area contributed by atoms with E-state index in [2.05, 4.69) is 26.8 Å². The van der Waals surface area contributed by atoms with Crippen LogP contribution in [-0.2, 0) is 32.5 Å². The highest BCUT2D eigenvalue weighted by Gasteiger charge is 2.19. The first-order valence-electron chi connectivity index (χ1n) is 8.48. The lowest BCUT2D eigenvalue weighted by atomic mass is 10.1. The second kappa shape index (κ2) is 8.99. The lowest BCUT2D eigenvalue weighted by Crippen LogP contribution is -2.25. The summed E-state index contributed by atoms with van der Waals surface area (Å²) in [6.45, 7) is 5.46. The summed E-state index contributed by atoms with van der Waals surface area (Å²) in [7, 11) is 0. The largest absolute Gasteiger partial charge is 0.335 e. The molecule has 0 fully saturated rings. The molecule has 3 aromatic rings. The van der Waals surface area contributed by atoms with Gasteiger partial charge in [0.1, 0.15) is 10.7 Å². The summed E-state index contributed by atoms with van der Waals surface area (Å²) in [6.07, 6.45) is 8.29. The van der Waals surface area contributed by atoms with E-state index in [4.69, 9.17) is 0 Å². The Morgan fingerprint density at radius 1 is 1.23 bits per heavy atom. The summed E-state index contributed by atoms with van der Waals surface area (Å²) in [5.41, 5.74) is 1.32. The van der Waals surface area contributed by atoms with E-state index in [1.54, 1.807) is 22.2 Å². The second-order valence-corrected chi connectivity index (χ2v) is 7.18. The number of aryl methyl sites for hydroxylation is 3. The first kappa shape index (κ1) is 20.9. The van der Waals surface area contributed by atoms with Crippen molar-refractivity contribution in [1.29, 1.82) is 0 Å². The molecule has 0 amide bonds. The molecular formula is C17H23Cl2N5OS. The van der Waals surface area contributed by atoms with Crippen LogP contribution in [0.25, 0.3) is 10.2 Å². The van der Waals surface area contributed by atoms with E-state index < -0.39 is 0 Å². The fourth-order valence-corrected chi connectivity index (χ4v) is 4.53. The van der Waals surface area contributed by atoms with Crippen LogP contribution in [0.2, 0.25) is 0 Å². The standard InChI is InChI=1S/C17H21N5OS.2ClH/c1-2-14-19-6-9-21(14)7-3-8-22-11-20-16-15(17(22)23)12-4-5-18-10-13(12)24-16;;/h6,9,11,18H,2-5,7-8,10H2,1H3;2*1H. The minimum Gasteiger partial charge on any atom is -0.335 e. The molecule has 0 unspecified atom stereocenters. The first-order chi connectivity index (χ1) is 11.8. The topological polar surface area (TPSA) is 64.7 Å². The van der Waals surface area contributed by atoms with Crippen LogP contribution in [0, 0.1) is 0 Å². The number of nitrogens with one attached hydrogen (secondary N) is 1. The molecule has 0 saturated carbocycles. The monoisotopic (exact) mass is 415 g/mol. The van der Waals surface area contributed by atoms with Gasteiger partial charge in [-0.3, -0.25) is 9.36 Å². The van der Waals surface area contributed by atoms with Crippen LogP contribution in [0.1, 0.15) is 29.6 Å². The molecule has 4 rings (SSSR count). The van der Waals surface area contributed by atoms with Gasteiger partial charge >= 0.3 is 0 Å². The fraction of sp³-hybridized carbons (Fsp3) is 0.471. The zero-order valence-electron chi connectivity index (χ0n) is 14.6. The number of thiophene rings is 1. The van der Waals surface area contributed by atoms with Gasteiger partial charge in [0.05, 0.1) is 11.7 Å². The lowest BCUT2D eigenvalue weighted by molar-refractivity contribution is 0.538. The molecule has 0 aliphatic carbocycles. The van der Waals surface area contributed by atoms with Gasteiger partial charge in [-0.2, -0.15) is 0 Å². The van der Waals surface area contributed by atoms with E-state index in [1.165, 1.54) is 10.4 Å². The van der Waals surface area contributed by atoms with E-state index in [0.29, 0.717) is 6.54 Å². The Bertz CT molecular complexity index is 933. The number of halogens is 2. The Morgan fingerprint density at radius 3 is 2.85 bits per heavy atom. The van der Waals surface area contributed by atoms with Crippen molar-refractivity contribution in [2.24, 2.45) is 0 Å². The van der Waals surface area contributed by atoms with Crippen LogP contribution in [0.5, 0.6) is 0 Å².